The molecule has 2 rings (SSSR count). The maximum absolute atomic E-state index is 12.2. The van der Waals surface area contributed by atoms with Crippen LogP contribution < -0.4 is 21.9 Å². The van der Waals surface area contributed by atoms with Crippen molar-refractivity contribution >= 4 is 23.5 Å². The Morgan fingerprint density at radius 1 is 1.37 bits per heavy atom. The van der Waals surface area contributed by atoms with Gasteiger partial charge in [-0.1, -0.05) is 0 Å². The summed E-state index contributed by atoms with van der Waals surface area (Å²) in [5.41, 5.74) is 7.41. The average molecular weight is 265 g/mol. The first-order chi connectivity index (χ1) is 8.86. The van der Waals surface area contributed by atoms with Crippen molar-refractivity contribution in [3.8, 4) is 0 Å². The number of hydrogen-bond acceptors (Lipinski definition) is 7. The van der Waals surface area contributed by atoms with Gasteiger partial charge in [0.1, 0.15) is 17.2 Å². The Labute approximate surface area is 111 Å². The van der Waals surface area contributed by atoms with E-state index in [1.165, 1.54) is 0 Å². The van der Waals surface area contributed by atoms with Crippen LogP contribution in [0.25, 0.3) is 0 Å². The van der Waals surface area contributed by atoms with Crippen LogP contribution >= 0.6 is 0 Å². The Bertz CT molecular complexity index is 502. The zero-order valence-electron chi connectivity index (χ0n) is 11.3. The van der Waals surface area contributed by atoms with Crippen LogP contribution in [-0.4, -0.2) is 46.5 Å². The molecule has 1 saturated heterocycles. The number of nitrogens with two attached hydrogens (primary N) is 2. The maximum Gasteiger partial charge on any atom is 0.247 e. The topological polar surface area (TPSA) is 113 Å². The number of hydrogen-bond donors (Lipinski definition) is 3. The van der Waals surface area contributed by atoms with Gasteiger partial charge in [-0.2, -0.15) is 9.97 Å². The lowest BCUT2D eigenvalue weighted by Crippen LogP contribution is -2.62. The third kappa shape index (κ3) is 2.26. The van der Waals surface area contributed by atoms with Crippen molar-refractivity contribution in [1.82, 2.24) is 14.9 Å². The summed E-state index contributed by atoms with van der Waals surface area (Å²) in [5, 5.41) is 0. The molecule has 0 bridgehead atoms. The normalized spacial score (nSPS) is 18.6. The summed E-state index contributed by atoms with van der Waals surface area (Å²) in [6, 6.07) is 1.68. The van der Waals surface area contributed by atoms with E-state index < -0.39 is 5.54 Å². The lowest BCUT2D eigenvalue weighted by atomic mass is 9.98. The molecule has 0 saturated carbocycles. The number of piperazine rings is 1. The zero-order chi connectivity index (χ0) is 14.2. The van der Waals surface area contributed by atoms with E-state index >= 15 is 0 Å². The minimum Gasteiger partial charge on any atom is -0.368 e. The molecule has 2 heterocycles. The van der Waals surface area contributed by atoms with Gasteiger partial charge in [0.05, 0.1) is 0 Å². The molecular formula is C11H19N7O. The molecule has 104 valence electrons. The second-order valence-electron chi connectivity index (χ2n) is 5.05. The minimum atomic E-state index is -0.681. The Kier molecular flexibility index (Phi) is 3.19. The van der Waals surface area contributed by atoms with E-state index in [9.17, 15) is 4.79 Å². The van der Waals surface area contributed by atoms with Crippen LogP contribution in [0.1, 0.15) is 13.8 Å². The maximum atomic E-state index is 12.2. The predicted octanol–water partition coefficient (Wildman–Crippen LogP) is -0.599. The van der Waals surface area contributed by atoms with Gasteiger partial charge in [-0.05, 0) is 13.8 Å². The molecule has 0 unspecified atom stereocenters. The van der Waals surface area contributed by atoms with Crippen molar-refractivity contribution in [1.29, 1.82) is 0 Å². The first-order valence-electron chi connectivity index (χ1n) is 6.00. The Balaban J connectivity index is 2.41. The molecular weight excluding hydrogens is 246 g/mol. The molecule has 5 N–H and O–H groups in total. The first-order valence-corrected chi connectivity index (χ1v) is 6.00. The number of nitrogens with one attached hydrogen (secondary N) is 1. The molecule has 1 aromatic rings. The number of carbonyl (C=O) groups excluding carboxylic acids is 1. The lowest BCUT2D eigenvalue weighted by Gasteiger charge is -2.45. The van der Waals surface area contributed by atoms with Crippen molar-refractivity contribution in [2.24, 2.45) is 5.84 Å². The van der Waals surface area contributed by atoms with Gasteiger partial charge in [0, 0.05) is 26.2 Å². The van der Waals surface area contributed by atoms with Gasteiger partial charge < -0.3 is 21.0 Å². The van der Waals surface area contributed by atoms with Gasteiger partial charge in [0.2, 0.25) is 11.9 Å². The molecule has 1 fully saturated rings. The average Bonchev–Trinajstić information content (AvgIpc) is 2.35. The number of hydrazine groups is 1. The molecule has 1 aliphatic heterocycles. The molecule has 0 aromatic carbocycles. The molecule has 1 aromatic heterocycles. The molecule has 1 amide bonds. The quantitative estimate of drug-likeness (QED) is 0.483. The standard InChI is InChI=1S/C11H19N7O/c1-11(2)9(19)17(3)4-5-18(11)8-6-7(16-13)14-10(12)15-8/h6H,4-5,13H2,1-3H3,(H3,12,14,15,16). The minimum absolute atomic E-state index is 0.0400. The molecule has 0 atom stereocenters. The van der Waals surface area contributed by atoms with Crippen LogP contribution in [0.2, 0.25) is 0 Å². The van der Waals surface area contributed by atoms with Gasteiger partial charge in [-0.15, -0.1) is 0 Å². The fourth-order valence-corrected chi connectivity index (χ4v) is 2.28. The van der Waals surface area contributed by atoms with Gasteiger partial charge in [-0.3, -0.25) is 4.79 Å². The third-order valence-electron chi connectivity index (χ3n) is 3.36. The van der Waals surface area contributed by atoms with Gasteiger partial charge in [0.15, 0.2) is 0 Å². The molecule has 0 aliphatic carbocycles. The second-order valence-corrected chi connectivity index (χ2v) is 5.05. The van der Waals surface area contributed by atoms with Crippen LogP contribution in [0.3, 0.4) is 0 Å². The molecule has 1 aliphatic rings. The largest absolute Gasteiger partial charge is 0.368 e. The highest BCUT2D eigenvalue weighted by Crippen LogP contribution is 2.28. The number of likely N-dealkylation sites (N-methyl/N-ethyl adjacent to an activating group) is 1. The van der Waals surface area contributed by atoms with E-state index in [1.54, 1.807) is 18.0 Å². The SMILES string of the molecule is CN1CCN(c2cc(NN)nc(N)n2)C(C)(C)C1=O. The molecule has 0 spiro atoms. The lowest BCUT2D eigenvalue weighted by molar-refractivity contribution is -0.136. The second kappa shape index (κ2) is 4.54. The molecule has 8 nitrogen and oxygen atoms in total. The summed E-state index contributed by atoms with van der Waals surface area (Å²) in [7, 11) is 1.79. The van der Waals surface area contributed by atoms with E-state index in [4.69, 9.17) is 11.6 Å². The number of nitrogens with zero attached hydrogens (tertiary/aromatic N) is 4. The van der Waals surface area contributed by atoms with E-state index in [0.29, 0.717) is 24.7 Å². The highest BCUT2D eigenvalue weighted by Gasteiger charge is 2.41. The van der Waals surface area contributed by atoms with Crippen LogP contribution in [-0.2, 0) is 4.79 Å². The van der Waals surface area contributed by atoms with Crippen LogP contribution in [0.15, 0.2) is 6.07 Å². The van der Waals surface area contributed by atoms with E-state index in [0.717, 1.165) is 0 Å². The van der Waals surface area contributed by atoms with Crippen molar-refractivity contribution in [2.75, 3.05) is 36.2 Å². The summed E-state index contributed by atoms with van der Waals surface area (Å²) in [5.74, 6) is 6.51. The molecule has 8 heteroatoms. The Hall–Kier alpha value is -2.09. The number of aromatic nitrogens is 2. The van der Waals surface area contributed by atoms with E-state index in [-0.39, 0.29) is 11.9 Å². The fraction of sp³-hybridized carbons (Fsp3) is 0.545. The molecule has 19 heavy (non-hydrogen) atoms. The summed E-state index contributed by atoms with van der Waals surface area (Å²) >= 11 is 0. The Morgan fingerprint density at radius 3 is 2.68 bits per heavy atom. The number of nitrogen functional groups attached to an aromatic ring is 2. The molecule has 0 radical (unpaired) electrons. The van der Waals surface area contributed by atoms with Crippen LogP contribution in [0, 0.1) is 0 Å². The Morgan fingerprint density at radius 2 is 2.05 bits per heavy atom. The number of rotatable bonds is 2. The highest BCUT2D eigenvalue weighted by atomic mass is 16.2. The van der Waals surface area contributed by atoms with Crippen molar-refractivity contribution in [3.05, 3.63) is 6.07 Å². The van der Waals surface area contributed by atoms with Crippen molar-refractivity contribution in [2.45, 2.75) is 19.4 Å². The fourth-order valence-electron chi connectivity index (χ4n) is 2.28. The van der Waals surface area contributed by atoms with Gasteiger partial charge in [0.25, 0.3) is 0 Å². The van der Waals surface area contributed by atoms with Gasteiger partial charge >= 0.3 is 0 Å². The first kappa shape index (κ1) is 13.3. The van der Waals surface area contributed by atoms with E-state index in [1.807, 2.05) is 18.7 Å². The zero-order valence-corrected chi connectivity index (χ0v) is 11.3. The number of anilines is 3. The summed E-state index contributed by atoms with van der Waals surface area (Å²) in [6.45, 7) is 5.03. The summed E-state index contributed by atoms with van der Waals surface area (Å²) in [4.78, 5) is 24.0. The summed E-state index contributed by atoms with van der Waals surface area (Å²) < 4.78 is 0. The van der Waals surface area contributed by atoms with Crippen molar-refractivity contribution in [3.63, 3.8) is 0 Å². The number of amides is 1. The summed E-state index contributed by atoms with van der Waals surface area (Å²) in [6.07, 6.45) is 0. The van der Waals surface area contributed by atoms with Gasteiger partial charge in [-0.25, -0.2) is 5.84 Å². The highest BCUT2D eigenvalue weighted by molar-refractivity contribution is 5.90. The number of carbonyl (C=O) groups is 1. The predicted molar refractivity (Wildman–Crippen MR) is 73.3 cm³/mol. The monoisotopic (exact) mass is 265 g/mol. The van der Waals surface area contributed by atoms with Crippen LogP contribution in [0.4, 0.5) is 17.6 Å². The smallest absolute Gasteiger partial charge is 0.247 e. The van der Waals surface area contributed by atoms with E-state index in [2.05, 4.69) is 15.4 Å². The van der Waals surface area contributed by atoms with Crippen molar-refractivity contribution < 1.29 is 4.79 Å². The third-order valence-corrected chi connectivity index (χ3v) is 3.36. The van der Waals surface area contributed by atoms with Crippen LogP contribution in [0.5, 0.6) is 0 Å².